The van der Waals surface area contributed by atoms with E-state index in [0.29, 0.717) is 6.42 Å². The number of fused-ring (bicyclic) bond motifs is 1. The number of aromatic nitrogens is 2. The van der Waals surface area contributed by atoms with Crippen molar-refractivity contribution in [2.75, 3.05) is 6.61 Å². The second-order valence-electron chi connectivity index (χ2n) is 8.64. The summed E-state index contributed by atoms with van der Waals surface area (Å²) >= 11 is 0. The molecule has 1 aliphatic carbocycles. The first-order valence-electron chi connectivity index (χ1n) is 8.45. The number of rotatable bonds is 4. The van der Waals surface area contributed by atoms with E-state index in [4.69, 9.17) is 14.9 Å². The summed E-state index contributed by atoms with van der Waals surface area (Å²) in [5.41, 5.74) is 3.64. The van der Waals surface area contributed by atoms with E-state index in [9.17, 15) is 14.7 Å². The van der Waals surface area contributed by atoms with Gasteiger partial charge in [-0.3, -0.25) is 14.3 Å². The van der Waals surface area contributed by atoms with E-state index < -0.39 is 43.0 Å². The highest BCUT2D eigenvalue weighted by Gasteiger charge is 2.83. The molecule has 2 heterocycles. The standard InChI is InChI=1S/C16H27N3O5Si/c1-14(2,3)25(4,5)24-12-15(17)8-11(23-16(12,15)9-20)19-7-6-10(21)18-13(19)22/h6-7,11-12,20H,8-9,17H2,1-5H3,(H,18,21,22)/t11-,12?,15-,16-/m1/s1. The average molecular weight is 369 g/mol. The molecule has 1 aliphatic heterocycles. The molecule has 1 saturated carbocycles. The number of hydrogen-bond acceptors (Lipinski definition) is 6. The Hall–Kier alpha value is -1.26. The van der Waals surface area contributed by atoms with E-state index in [0.717, 1.165) is 0 Å². The lowest BCUT2D eigenvalue weighted by Gasteiger charge is -2.37. The molecule has 0 bridgehead atoms. The topological polar surface area (TPSA) is 120 Å². The number of aliphatic hydroxyl groups is 1. The maximum atomic E-state index is 12.0. The van der Waals surface area contributed by atoms with Gasteiger partial charge in [-0.05, 0) is 18.1 Å². The third kappa shape index (κ3) is 2.57. The van der Waals surface area contributed by atoms with Crippen molar-refractivity contribution in [2.45, 2.75) is 68.8 Å². The van der Waals surface area contributed by atoms with E-state index in [1.807, 2.05) is 0 Å². The van der Waals surface area contributed by atoms with Gasteiger partial charge in [-0.15, -0.1) is 0 Å². The number of hydrogen-bond donors (Lipinski definition) is 3. The van der Waals surface area contributed by atoms with E-state index >= 15 is 0 Å². The Kier molecular flexibility index (Phi) is 3.98. The van der Waals surface area contributed by atoms with Crippen LogP contribution in [-0.2, 0) is 9.16 Å². The third-order valence-electron chi connectivity index (χ3n) is 6.07. The second kappa shape index (κ2) is 5.37. The molecule has 4 atom stereocenters. The van der Waals surface area contributed by atoms with Gasteiger partial charge in [0.1, 0.15) is 11.8 Å². The maximum Gasteiger partial charge on any atom is 0.330 e. The van der Waals surface area contributed by atoms with Crippen LogP contribution < -0.4 is 17.0 Å². The first-order chi connectivity index (χ1) is 11.4. The van der Waals surface area contributed by atoms with Crippen molar-refractivity contribution in [3.05, 3.63) is 33.1 Å². The number of ether oxygens (including phenoxy) is 1. The molecule has 0 spiro atoms. The summed E-state index contributed by atoms with van der Waals surface area (Å²) in [5, 5.41) is 9.97. The minimum absolute atomic E-state index is 0.00610. The minimum atomic E-state index is -2.09. The summed E-state index contributed by atoms with van der Waals surface area (Å²) in [6.07, 6.45) is 0.675. The minimum Gasteiger partial charge on any atom is -0.409 e. The lowest BCUT2D eigenvalue weighted by Crippen LogP contribution is -2.45. The van der Waals surface area contributed by atoms with Gasteiger partial charge in [-0.2, -0.15) is 0 Å². The van der Waals surface area contributed by atoms with Gasteiger partial charge in [-0.1, -0.05) is 20.8 Å². The second-order valence-corrected chi connectivity index (χ2v) is 13.4. The summed E-state index contributed by atoms with van der Waals surface area (Å²) in [7, 11) is -2.09. The molecular weight excluding hydrogens is 342 g/mol. The molecule has 1 aromatic rings. The summed E-state index contributed by atoms with van der Waals surface area (Å²) in [5.74, 6) is 0. The lowest BCUT2D eigenvalue weighted by atomic mass is 10.1. The molecule has 3 rings (SSSR count). The zero-order chi connectivity index (χ0) is 18.8. The van der Waals surface area contributed by atoms with Crippen LogP contribution >= 0.6 is 0 Å². The monoisotopic (exact) mass is 369 g/mol. The van der Waals surface area contributed by atoms with Crippen LogP contribution in [0.15, 0.2) is 21.9 Å². The van der Waals surface area contributed by atoms with Crippen LogP contribution in [0.5, 0.6) is 0 Å². The highest BCUT2D eigenvalue weighted by Crippen LogP contribution is 2.63. The van der Waals surface area contributed by atoms with Gasteiger partial charge in [0.15, 0.2) is 8.32 Å². The summed E-state index contributed by atoms with van der Waals surface area (Å²) in [6, 6.07) is 1.26. The van der Waals surface area contributed by atoms with Crippen LogP contribution in [0.3, 0.4) is 0 Å². The molecule has 2 aliphatic rings. The van der Waals surface area contributed by atoms with Crippen molar-refractivity contribution in [3.8, 4) is 0 Å². The van der Waals surface area contributed by atoms with Gasteiger partial charge in [0.25, 0.3) is 5.56 Å². The highest BCUT2D eigenvalue weighted by molar-refractivity contribution is 6.74. The fraction of sp³-hybridized carbons (Fsp3) is 0.750. The molecule has 9 heteroatoms. The Bertz CT molecular complexity index is 798. The predicted molar refractivity (Wildman–Crippen MR) is 94.9 cm³/mol. The molecular formula is C16H27N3O5Si. The first kappa shape index (κ1) is 18.5. The van der Waals surface area contributed by atoms with Crippen molar-refractivity contribution < 1.29 is 14.3 Å². The molecule has 0 amide bonds. The van der Waals surface area contributed by atoms with Crippen molar-refractivity contribution in [1.82, 2.24) is 9.55 Å². The first-order valence-corrected chi connectivity index (χ1v) is 11.4. The zero-order valence-electron chi connectivity index (χ0n) is 15.3. The predicted octanol–water partition coefficient (Wildman–Crippen LogP) is 0.288. The van der Waals surface area contributed by atoms with Gasteiger partial charge >= 0.3 is 5.69 Å². The lowest BCUT2D eigenvalue weighted by molar-refractivity contribution is -0.0863. The van der Waals surface area contributed by atoms with Gasteiger partial charge < -0.3 is 20.0 Å². The molecule has 2 fully saturated rings. The number of nitrogens with zero attached hydrogens (tertiary/aromatic N) is 1. The van der Waals surface area contributed by atoms with E-state index in [1.165, 1.54) is 16.8 Å². The van der Waals surface area contributed by atoms with Crippen molar-refractivity contribution in [1.29, 1.82) is 0 Å². The van der Waals surface area contributed by atoms with Crippen LogP contribution in [0, 0.1) is 0 Å². The fourth-order valence-corrected chi connectivity index (χ4v) is 4.67. The van der Waals surface area contributed by atoms with Crippen LogP contribution in [-0.4, -0.2) is 46.8 Å². The molecule has 25 heavy (non-hydrogen) atoms. The zero-order valence-corrected chi connectivity index (χ0v) is 16.3. The smallest absolute Gasteiger partial charge is 0.330 e. The molecule has 0 radical (unpaired) electrons. The Morgan fingerprint density at radius 3 is 2.60 bits per heavy atom. The van der Waals surface area contributed by atoms with E-state index in [-0.39, 0.29) is 11.6 Å². The van der Waals surface area contributed by atoms with Crippen molar-refractivity contribution in [2.24, 2.45) is 5.73 Å². The molecule has 140 valence electrons. The van der Waals surface area contributed by atoms with E-state index in [2.05, 4.69) is 38.8 Å². The van der Waals surface area contributed by atoms with Crippen LogP contribution in [0.2, 0.25) is 18.1 Å². The Labute approximate surface area is 147 Å². The molecule has 1 aromatic heterocycles. The Morgan fingerprint density at radius 1 is 1.48 bits per heavy atom. The quantitative estimate of drug-likeness (QED) is 0.656. The van der Waals surface area contributed by atoms with Crippen LogP contribution in [0.1, 0.15) is 33.4 Å². The number of aliphatic hydroxyl groups excluding tert-OH is 1. The van der Waals surface area contributed by atoms with E-state index in [1.54, 1.807) is 0 Å². The molecule has 8 nitrogen and oxygen atoms in total. The average Bonchev–Trinajstić information content (AvgIpc) is 2.79. The molecule has 0 aromatic carbocycles. The summed E-state index contributed by atoms with van der Waals surface area (Å²) < 4.78 is 13.7. The largest absolute Gasteiger partial charge is 0.409 e. The maximum absolute atomic E-state index is 12.0. The van der Waals surface area contributed by atoms with Gasteiger partial charge in [0, 0.05) is 18.7 Å². The number of nitrogens with two attached hydrogens (primary N) is 1. The van der Waals surface area contributed by atoms with Crippen molar-refractivity contribution in [3.63, 3.8) is 0 Å². The van der Waals surface area contributed by atoms with Crippen LogP contribution in [0.25, 0.3) is 0 Å². The van der Waals surface area contributed by atoms with Gasteiger partial charge in [-0.25, -0.2) is 4.79 Å². The SMILES string of the molecule is CC(C)(C)[Si](C)(C)OC1[C@]2(N)C[C@H](n3ccc(=O)[nH]c3=O)O[C@]12CO. The van der Waals surface area contributed by atoms with Crippen molar-refractivity contribution >= 4 is 8.32 Å². The fourth-order valence-electron chi connectivity index (χ4n) is 3.33. The molecule has 1 unspecified atom stereocenters. The third-order valence-corrected chi connectivity index (χ3v) is 10.5. The summed E-state index contributed by atoms with van der Waals surface area (Å²) in [6.45, 7) is 10.4. The Balaban J connectivity index is 1.85. The van der Waals surface area contributed by atoms with Gasteiger partial charge in [0.05, 0.1) is 18.2 Å². The van der Waals surface area contributed by atoms with Crippen LogP contribution in [0.4, 0.5) is 0 Å². The number of aromatic amines is 1. The Morgan fingerprint density at radius 2 is 2.12 bits per heavy atom. The van der Waals surface area contributed by atoms with Gasteiger partial charge in [0.2, 0.25) is 0 Å². The highest BCUT2D eigenvalue weighted by atomic mass is 28.4. The molecule has 4 N–H and O–H groups in total. The number of nitrogens with one attached hydrogen (secondary N) is 1. The normalized spacial score (nSPS) is 34.8. The number of H-pyrrole nitrogens is 1. The summed E-state index contributed by atoms with van der Waals surface area (Å²) in [4.78, 5) is 25.4. The molecule has 1 saturated heterocycles.